The summed E-state index contributed by atoms with van der Waals surface area (Å²) in [5.74, 6) is -2.86. The number of aliphatic hydroxyl groups excluding tert-OH is 1. The molecule has 1 amide bonds. The summed E-state index contributed by atoms with van der Waals surface area (Å²) in [6, 6.07) is 9.51. The molecular formula is C31H36N4O10S2. The predicted octanol–water partition coefficient (Wildman–Crippen LogP) is 3.57. The lowest BCUT2D eigenvalue weighted by Gasteiger charge is -2.37. The number of esters is 1. The molecule has 3 aliphatic rings. The highest BCUT2D eigenvalue weighted by Gasteiger charge is 2.56. The van der Waals surface area contributed by atoms with E-state index in [1.165, 1.54) is 30.2 Å². The number of sulfonamides is 2. The van der Waals surface area contributed by atoms with Gasteiger partial charge in [0.15, 0.2) is 17.0 Å². The van der Waals surface area contributed by atoms with E-state index in [-0.39, 0.29) is 46.3 Å². The van der Waals surface area contributed by atoms with Gasteiger partial charge in [-0.25, -0.2) is 13.2 Å². The highest BCUT2D eigenvalue weighted by atomic mass is 32.2. The number of amides is 1. The standard InChI is InChI=1S/C31H36N4O10S2/c1-18(2)13-14-31(29(38)45-17-20-8-7-15-35(20)30(39)44-3)22-10-6-5-9-21(22)26(36)25(27(31)37)28-32-23-12-11-19(33-46(4,40)41)16-24(23)47(42,43)34-28/h5-6,9-12,16,18,20,33,36H,7-8,13-15,17H2,1-4H3,(H,32,34)/t20-,31+/m1/s1. The first kappa shape index (κ1) is 33.9. The average molecular weight is 689 g/mol. The maximum absolute atomic E-state index is 14.7. The summed E-state index contributed by atoms with van der Waals surface area (Å²) in [6.07, 6.45) is 1.94. The lowest BCUT2D eigenvalue weighted by atomic mass is 9.65. The molecule has 1 fully saturated rings. The lowest BCUT2D eigenvalue weighted by Crippen LogP contribution is -2.51. The molecular weight excluding hydrogens is 652 g/mol. The molecule has 1 saturated heterocycles. The van der Waals surface area contributed by atoms with Crippen molar-refractivity contribution >= 4 is 60.9 Å². The van der Waals surface area contributed by atoms with Crippen LogP contribution in [0.1, 0.15) is 50.7 Å². The van der Waals surface area contributed by atoms with Gasteiger partial charge < -0.3 is 24.8 Å². The van der Waals surface area contributed by atoms with E-state index in [1.807, 2.05) is 13.8 Å². The Morgan fingerprint density at radius 3 is 2.62 bits per heavy atom. The van der Waals surface area contributed by atoms with Gasteiger partial charge in [-0.2, -0.15) is 8.42 Å². The number of ketones is 1. The van der Waals surface area contributed by atoms with Crippen molar-refractivity contribution < 1.29 is 45.8 Å². The number of benzene rings is 2. The van der Waals surface area contributed by atoms with Gasteiger partial charge in [0.05, 0.1) is 25.1 Å². The van der Waals surface area contributed by atoms with Crippen molar-refractivity contribution in [3.05, 3.63) is 59.2 Å². The molecule has 1 aliphatic carbocycles. The van der Waals surface area contributed by atoms with Crippen molar-refractivity contribution in [1.82, 2.24) is 4.90 Å². The number of nitrogens with one attached hydrogen (secondary N) is 2. The zero-order chi connectivity index (χ0) is 34.3. The molecule has 2 aromatic carbocycles. The van der Waals surface area contributed by atoms with Gasteiger partial charge in [-0.3, -0.25) is 14.3 Å². The Morgan fingerprint density at radius 2 is 1.94 bits per heavy atom. The first-order chi connectivity index (χ1) is 22.1. The summed E-state index contributed by atoms with van der Waals surface area (Å²) in [6.45, 7) is 4.05. The van der Waals surface area contributed by atoms with Gasteiger partial charge in [0.2, 0.25) is 10.0 Å². The smallest absolute Gasteiger partial charge is 0.409 e. The Hall–Kier alpha value is -4.44. The van der Waals surface area contributed by atoms with Crippen LogP contribution in [0.5, 0.6) is 0 Å². The van der Waals surface area contributed by atoms with Gasteiger partial charge in [0.25, 0.3) is 10.0 Å². The van der Waals surface area contributed by atoms with Crippen molar-refractivity contribution in [2.75, 3.05) is 36.6 Å². The van der Waals surface area contributed by atoms with Gasteiger partial charge in [0.1, 0.15) is 22.8 Å². The number of hydrogen-bond acceptors (Lipinski definition) is 11. The molecule has 0 bridgehead atoms. The number of hydrogen-bond donors (Lipinski definition) is 3. The summed E-state index contributed by atoms with van der Waals surface area (Å²) >= 11 is 0. The predicted molar refractivity (Wildman–Crippen MR) is 173 cm³/mol. The summed E-state index contributed by atoms with van der Waals surface area (Å²) < 4.78 is 67.0. The Balaban J connectivity index is 1.59. The first-order valence-corrected chi connectivity index (χ1v) is 18.3. The van der Waals surface area contributed by atoms with E-state index in [4.69, 9.17) is 9.47 Å². The lowest BCUT2D eigenvalue weighted by molar-refractivity contribution is -0.155. The molecule has 0 aromatic heterocycles. The van der Waals surface area contributed by atoms with E-state index in [9.17, 15) is 36.3 Å². The Bertz CT molecular complexity index is 1920. The van der Waals surface area contributed by atoms with Gasteiger partial charge in [0, 0.05) is 17.8 Å². The topological polar surface area (TPSA) is 198 Å². The van der Waals surface area contributed by atoms with Gasteiger partial charge >= 0.3 is 12.1 Å². The summed E-state index contributed by atoms with van der Waals surface area (Å²) in [5, 5.41) is 14.3. The van der Waals surface area contributed by atoms with Crippen molar-refractivity contribution in [3.8, 4) is 0 Å². The number of fused-ring (bicyclic) bond motifs is 2. The normalized spacial score (nSPS) is 21.8. The van der Waals surface area contributed by atoms with Gasteiger partial charge in [-0.05, 0) is 55.4 Å². The zero-order valence-electron chi connectivity index (χ0n) is 26.3. The summed E-state index contributed by atoms with van der Waals surface area (Å²) in [5.41, 5.74) is -2.24. The SMILES string of the molecule is COC(=O)N1CCC[C@@H]1COC(=O)[C@]1(CCC(C)C)C(=O)C(C2=NS(=O)(=O)c3cc(NS(C)(=O)=O)ccc3N2)=C(O)c2ccccc21. The molecule has 0 saturated carbocycles. The Kier molecular flexibility index (Phi) is 9.12. The van der Waals surface area contributed by atoms with Crippen molar-refractivity contribution in [3.63, 3.8) is 0 Å². The number of likely N-dealkylation sites (tertiary alicyclic amines) is 1. The van der Waals surface area contributed by atoms with Crippen LogP contribution in [0.25, 0.3) is 5.76 Å². The molecule has 5 rings (SSSR count). The largest absolute Gasteiger partial charge is 0.506 e. The molecule has 0 radical (unpaired) electrons. The molecule has 2 aliphatic heterocycles. The molecule has 252 valence electrons. The number of aliphatic hydroxyl groups is 1. The second-order valence-corrected chi connectivity index (χ2v) is 15.4. The minimum Gasteiger partial charge on any atom is -0.506 e. The third-order valence-corrected chi connectivity index (χ3v) is 10.3. The summed E-state index contributed by atoms with van der Waals surface area (Å²) in [7, 11) is -7.00. The second kappa shape index (κ2) is 12.6. The monoisotopic (exact) mass is 688 g/mol. The van der Waals surface area contributed by atoms with E-state index < -0.39 is 66.5 Å². The van der Waals surface area contributed by atoms with Crippen LogP contribution >= 0.6 is 0 Å². The molecule has 16 heteroatoms. The molecule has 0 spiro atoms. The van der Waals surface area contributed by atoms with Crippen LogP contribution in [0.15, 0.2) is 57.3 Å². The van der Waals surface area contributed by atoms with E-state index >= 15 is 0 Å². The van der Waals surface area contributed by atoms with Crippen LogP contribution in [0, 0.1) is 5.92 Å². The van der Waals surface area contributed by atoms with E-state index in [0.29, 0.717) is 25.8 Å². The van der Waals surface area contributed by atoms with Crippen LogP contribution in [0.3, 0.4) is 0 Å². The third-order valence-electron chi connectivity index (χ3n) is 8.40. The van der Waals surface area contributed by atoms with Gasteiger partial charge in [-0.15, -0.1) is 4.40 Å². The number of amidine groups is 1. The fourth-order valence-corrected chi connectivity index (χ4v) is 7.83. The van der Waals surface area contributed by atoms with Crippen LogP contribution in [0.2, 0.25) is 0 Å². The minimum atomic E-state index is -4.54. The maximum atomic E-state index is 14.7. The number of anilines is 2. The number of nitrogens with zero attached hydrogens (tertiary/aromatic N) is 2. The number of ether oxygens (including phenoxy) is 2. The third kappa shape index (κ3) is 6.43. The molecule has 14 nitrogen and oxygen atoms in total. The fraction of sp³-hybridized carbons (Fsp3) is 0.419. The molecule has 2 aromatic rings. The number of methoxy groups -OCH3 is 1. The number of carbonyl (C=O) groups excluding carboxylic acids is 3. The van der Waals surface area contributed by atoms with Crippen LogP contribution in [0.4, 0.5) is 16.2 Å². The maximum Gasteiger partial charge on any atom is 0.409 e. The van der Waals surface area contributed by atoms with Crippen molar-refractivity contribution in [1.29, 1.82) is 0 Å². The quantitative estimate of drug-likeness (QED) is 0.257. The van der Waals surface area contributed by atoms with E-state index in [1.54, 1.807) is 18.2 Å². The first-order valence-electron chi connectivity index (χ1n) is 14.9. The Morgan fingerprint density at radius 1 is 1.21 bits per heavy atom. The highest BCUT2D eigenvalue weighted by Crippen LogP contribution is 2.45. The van der Waals surface area contributed by atoms with Crippen LogP contribution < -0.4 is 10.0 Å². The molecule has 3 N–H and O–H groups in total. The van der Waals surface area contributed by atoms with Crippen molar-refractivity contribution in [2.24, 2.45) is 10.3 Å². The van der Waals surface area contributed by atoms with Crippen LogP contribution in [-0.2, 0) is 44.5 Å². The fourth-order valence-electron chi connectivity index (χ4n) is 6.12. The summed E-state index contributed by atoms with van der Waals surface area (Å²) in [4.78, 5) is 42.4. The molecule has 47 heavy (non-hydrogen) atoms. The van der Waals surface area contributed by atoms with Gasteiger partial charge in [-0.1, -0.05) is 38.1 Å². The average Bonchev–Trinajstić information content (AvgIpc) is 3.48. The number of carbonyl (C=O) groups is 3. The van der Waals surface area contributed by atoms with E-state index in [2.05, 4.69) is 14.4 Å². The molecule has 0 unspecified atom stereocenters. The number of rotatable bonds is 9. The Labute approximate surface area is 272 Å². The highest BCUT2D eigenvalue weighted by molar-refractivity contribution is 7.92. The zero-order valence-corrected chi connectivity index (χ0v) is 27.9. The van der Waals surface area contributed by atoms with E-state index in [0.717, 1.165) is 12.3 Å². The van der Waals surface area contributed by atoms with Crippen LogP contribution in [-0.4, -0.2) is 83.1 Å². The number of Topliss-reactive ketones (excluding diaryl/α,β-unsaturated/α-hetero) is 1. The second-order valence-electron chi connectivity index (χ2n) is 12.1. The minimum absolute atomic E-state index is 0.0246. The molecule has 2 atom stereocenters. The van der Waals surface area contributed by atoms with Crippen molar-refractivity contribution in [2.45, 2.75) is 55.9 Å². The molecule has 2 heterocycles.